The van der Waals surface area contributed by atoms with Gasteiger partial charge in [0.25, 0.3) is 5.56 Å². The number of nitrogens with one attached hydrogen (secondary N) is 2. The number of amides is 1. The number of nitrogens with zero attached hydrogens (tertiary/aromatic N) is 6. The van der Waals surface area contributed by atoms with Crippen molar-refractivity contribution >= 4 is 28.6 Å². The van der Waals surface area contributed by atoms with Crippen LogP contribution in [0.4, 0.5) is 24.5 Å². The molecule has 1 aliphatic carbocycles. The molecule has 4 heterocycles. The van der Waals surface area contributed by atoms with Gasteiger partial charge in [0, 0.05) is 33.3 Å². The molecule has 3 aromatic rings. The zero-order chi connectivity index (χ0) is 29.3. The van der Waals surface area contributed by atoms with Gasteiger partial charge in [-0.15, -0.1) is 5.10 Å². The van der Waals surface area contributed by atoms with Crippen LogP contribution in [0.1, 0.15) is 49.1 Å². The Bertz CT molecular complexity index is 1540. The van der Waals surface area contributed by atoms with Crippen molar-refractivity contribution in [2.24, 2.45) is 0 Å². The minimum absolute atomic E-state index is 0.0406. The predicted molar refractivity (Wildman–Crippen MR) is 147 cm³/mol. The Hall–Kier alpha value is -3.78. The maximum Gasteiger partial charge on any atom is 0.433 e. The molecule has 5 rings (SSSR count). The van der Waals surface area contributed by atoms with Crippen molar-refractivity contribution in [1.29, 1.82) is 0 Å². The summed E-state index contributed by atoms with van der Waals surface area (Å²) in [4.78, 5) is 37.5. The lowest BCUT2D eigenvalue weighted by Crippen LogP contribution is -2.47. The van der Waals surface area contributed by atoms with Crippen LogP contribution >= 0.6 is 0 Å². The van der Waals surface area contributed by atoms with E-state index in [-0.39, 0.29) is 35.4 Å². The lowest BCUT2D eigenvalue weighted by molar-refractivity contribution is -0.141. The Morgan fingerprint density at radius 2 is 1.98 bits per heavy atom. The number of ether oxygens (including phenoxy) is 1. The molecule has 1 atom stereocenters. The fourth-order valence-electron chi connectivity index (χ4n) is 5.37. The summed E-state index contributed by atoms with van der Waals surface area (Å²) in [5, 5.41) is 10.5. The van der Waals surface area contributed by atoms with E-state index >= 15 is 0 Å². The number of halogens is 3. The van der Waals surface area contributed by atoms with E-state index in [2.05, 4.69) is 20.7 Å². The lowest BCUT2D eigenvalue weighted by atomic mass is 9.97. The number of hydrogen-bond acceptors (Lipinski definition) is 8. The fraction of sp³-hybridized carbons (Fsp3) is 0.519. The smallest absolute Gasteiger partial charge is 0.381 e. The number of alkyl halides is 3. The number of aryl methyl sites for hydroxylation is 1. The molecular weight excluding hydrogens is 541 g/mol. The molecule has 2 aliphatic rings. The average molecular weight is 575 g/mol. The van der Waals surface area contributed by atoms with Gasteiger partial charge in [0.2, 0.25) is 11.7 Å². The number of aromatic nitrogens is 5. The Morgan fingerprint density at radius 3 is 2.59 bits per heavy atom. The summed E-state index contributed by atoms with van der Waals surface area (Å²) in [6, 6.07) is 2.02. The third-order valence-corrected chi connectivity index (χ3v) is 7.53. The van der Waals surface area contributed by atoms with Crippen molar-refractivity contribution in [2.75, 3.05) is 43.5 Å². The second-order valence-electron chi connectivity index (χ2n) is 10.2. The minimum Gasteiger partial charge on any atom is -0.381 e. The highest BCUT2D eigenvalue weighted by molar-refractivity contribution is 5.91. The summed E-state index contributed by atoms with van der Waals surface area (Å²) in [7, 11) is 1.68. The molecule has 11 nitrogen and oxygen atoms in total. The first kappa shape index (κ1) is 28.7. The molecular formula is C27H33F3N8O3. The van der Waals surface area contributed by atoms with Crippen LogP contribution in [0.2, 0.25) is 0 Å². The van der Waals surface area contributed by atoms with Crippen molar-refractivity contribution < 1.29 is 22.7 Å². The van der Waals surface area contributed by atoms with Crippen molar-refractivity contribution in [3.05, 3.63) is 51.5 Å². The normalized spacial score (nSPS) is 18.0. The number of allylic oxidation sites excluding steroid dienone is 1. The number of methoxy groups -OCH3 is 1. The molecule has 1 aliphatic heterocycles. The molecule has 41 heavy (non-hydrogen) atoms. The maximum absolute atomic E-state index is 13.8. The largest absolute Gasteiger partial charge is 0.433 e. The average Bonchev–Trinajstić information content (AvgIpc) is 3.41. The first-order valence-electron chi connectivity index (χ1n) is 13.7. The van der Waals surface area contributed by atoms with Crippen LogP contribution in [0, 0.1) is 6.92 Å². The zero-order valence-corrected chi connectivity index (χ0v) is 23.2. The van der Waals surface area contributed by atoms with E-state index in [1.807, 2.05) is 17.9 Å². The van der Waals surface area contributed by atoms with Crippen LogP contribution in [-0.4, -0.2) is 69.4 Å². The van der Waals surface area contributed by atoms with Gasteiger partial charge < -0.3 is 24.8 Å². The number of piperazine rings is 1. The SMILES string of the molecule is CCc1c(N2CCNCC2)c(=O)n2nc(C3=CCC(OC)CC3)nc2n1CC(=O)Nc1ccc(C(F)(F)F)nc1C. The molecule has 0 radical (unpaired) electrons. The third-order valence-electron chi connectivity index (χ3n) is 7.53. The first-order chi connectivity index (χ1) is 19.6. The molecule has 0 bridgehead atoms. The molecule has 1 amide bonds. The van der Waals surface area contributed by atoms with E-state index in [9.17, 15) is 22.8 Å². The van der Waals surface area contributed by atoms with Gasteiger partial charge in [-0.25, -0.2) is 4.98 Å². The highest BCUT2D eigenvalue weighted by Gasteiger charge is 2.33. The molecule has 1 unspecified atom stereocenters. The molecule has 3 aromatic heterocycles. The van der Waals surface area contributed by atoms with Crippen LogP contribution in [0.15, 0.2) is 23.0 Å². The summed E-state index contributed by atoms with van der Waals surface area (Å²) >= 11 is 0. The zero-order valence-electron chi connectivity index (χ0n) is 23.2. The van der Waals surface area contributed by atoms with Crippen LogP contribution in [0.3, 0.4) is 0 Å². The molecule has 0 saturated carbocycles. The van der Waals surface area contributed by atoms with E-state index in [4.69, 9.17) is 9.72 Å². The fourth-order valence-corrected chi connectivity index (χ4v) is 5.37. The summed E-state index contributed by atoms with van der Waals surface area (Å²) < 4.78 is 47.6. The minimum atomic E-state index is -4.59. The lowest BCUT2D eigenvalue weighted by Gasteiger charge is -2.31. The van der Waals surface area contributed by atoms with E-state index in [0.29, 0.717) is 62.6 Å². The van der Waals surface area contributed by atoms with Gasteiger partial charge >= 0.3 is 6.18 Å². The van der Waals surface area contributed by atoms with Crippen LogP contribution < -0.4 is 21.1 Å². The number of rotatable bonds is 7. The second-order valence-corrected chi connectivity index (χ2v) is 10.2. The summed E-state index contributed by atoms with van der Waals surface area (Å²) in [5.41, 5.74) is 0.886. The van der Waals surface area contributed by atoms with Gasteiger partial charge in [-0.2, -0.15) is 22.7 Å². The third kappa shape index (κ3) is 5.84. The first-order valence-corrected chi connectivity index (χ1v) is 13.7. The highest BCUT2D eigenvalue weighted by atomic mass is 19.4. The monoisotopic (exact) mass is 574 g/mol. The Morgan fingerprint density at radius 1 is 1.22 bits per heavy atom. The number of fused-ring (bicyclic) bond motifs is 1. The van der Waals surface area contributed by atoms with Crippen LogP contribution in [0.25, 0.3) is 11.4 Å². The summed E-state index contributed by atoms with van der Waals surface area (Å²) in [6.07, 6.45) is 0.197. The Labute approximate surface area is 234 Å². The maximum atomic E-state index is 13.8. The number of carbonyl (C=O) groups is 1. The molecule has 1 saturated heterocycles. The van der Waals surface area contributed by atoms with E-state index < -0.39 is 17.8 Å². The highest BCUT2D eigenvalue weighted by Crippen LogP contribution is 2.30. The van der Waals surface area contributed by atoms with Crippen LogP contribution in [0.5, 0.6) is 0 Å². The standard InChI is InChI=1S/C27H33F3N8O3/c1-4-20-23(36-13-11-31-12-14-36)25(40)38-26(34-24(35-38)17-5-7-18(41-3)8-6-17)37(20)15-22(39)33-19-9-10-21(27(28,29)30)32-16(19)2/h5,9-10,18,31H,4,6-8,11-15H2,1-3H3,(H,33,39). The summed E-state index contributed by atoms with van der Waals surface area (Å²) in [6.45, 7) is 5.72. The van der Waals surface area contributed by atoms with Gasteiger partial charge in [-0.1, -0.05) is 13.0 Å². The summed E-state index contributed by atoms with van der Waals surface area (Å²) in [5.74, 6) is 0.159. The number of pyridine rings is 1. The Kier molecular flexibility index (Phi) is 8.13. The number of hydrogen-bond donors (Lipinski definition) is 2. The van der Waals surface area contributed by atoms with Gasteiger partial charge in [0.1, 0.15) is 17.9 Å². The van der Waals surface area contributed by atoms with E-state index in [1.165, 1.54) is 17.5 Å². The van der Waals surface area contributed by atoms with Crippen molar-refractivity contribution in [3.8, 4) is 0 Å². The van der Waals surface area contributed by atoms with Gasteiger partial charge in [0.15, 0.2) is 5.82 Å². The van der Waals surface area contributed by atoms with Gasteiger partial charge in [0.05, 0.1) is 23.2 Å². The molecule has 14 heteroatoms. The number of carbonyl (C=O) groups excluding carboxylic acids is 1. The van der Waals surface area contributed by atoms with Crippen molar-refractivity contribution in [3.63, 3.8) is 0 Å². The topological polar surface area (TPSA) is 119 Å². The molecule has 1 fully saturated rings. The molecule has 220 valence electrons. The van der Waals surface area contributed by atoms with Crippen molar-refractivity contribution in [1.82, 2.24) is 29.5 Å². The molecule has 0 aromatic carbocycles. The second kappa shape index (κ2) is 11.6. The quantitative estimate of drug-likeness (QED) is 0.443. The van der Waals surface area contributed by atoms with Crippen molar-refractivity contribution in [2.45, 2.75) is 58.4 Å². The van der Waals surface area contributed by atoms with Gasteiger partial charge in [-0.05, 0) is 50.3 Å². The van der Waals surface area contributed by atoms with Gasteiger partial charge in [-0.3, -0.25) is 9.59 Å². The number of anilines is 2. The predicted octanol–water partition coefficient (Wildman–Crippen LogP) is 2.81. The van der Waals surface area contributed by atoms with Crippen LogP contribution in [-0.2, 0) is 28.7 Å². The Balaban J connectivity index is 1.56. The van der Waals surface area contributed by atoms with E-state index in [1.54, 1.807) is 11.7 Å². The molecule has 0 spiro atoms. The molecule has 2 N–H and O–H groups in total. The van der Waals surface area contributed by atoms with E-state index in [0.717, 1.165) is 18.1 Å².